The van der Waals surface area contributed by atoms with Gasteiger partial charge >= 0.3 is 0 Å². The molecule has 0 amide bonds. The van der Waals surface area contributed by atoms with Gasteiger partial charge in [-0.1, -0.05) is 52.7 Å². The summed E-state index contributed by atoms with van der Waals surface area (Å²) in [5.41, 5.74) is 0.651. The van der Waals surface area contributed by atoms with Crippen LogP contribution in [0.3, 0.4) is 0 Å². The molecule has 1 aromatic carbocycles. The van der Waals surface area contributed by atoms with Crippen molar-refractivity contribution >= 4 is 0 Å². The largest absolute Gasteiger partial charge is 0.392 e. The van der Waals surface area contributed by atoms with Crippen LogP contribution in [0.2, 0.25) is 0 Å². The average molecular weight is 252 g/mol. The number of benzene rings is 1. The molecule has 0 heterocycles. The molecule has 0 saturated carbocycles. The Bertz CT molecular complexity index is 352. The molecule has 0 fully saturated rings. The molecule has 18 heavy (non-hydrogen) atoms. The minimum Gasteiger partial charge on any atom is -0.392 e. The first-order valence-corrected chi connectivity index (χ1v) is 6.85. The quantitative estimate of drug-likeness (QED) is 0.800. The molecule has 1 rings (SSSR count). The molecule has 0 aliphatic rings. The molecule has 1 atom stereocenters. The third-order valence-corrected chi connectivity index (χ3v) is 4.13. The minimum absolute atomic E-state index is 0.232. The second-order valence-electron chi connectivity index (χ2n) is 5.66. The van der Waals surface area contributed by atoms with E-state index in [1.807, 2.05) is 13.8 Å². The molecule has 1 nitrogen and oxygen atoms in total. The highest BCUT2D eigenvalue weighted by atomic mass is 19.1. The predicted octanol–water partition coefficient (Wildman–Crippen LogP) is 4.29. The first kappa shape index (κ1) is 15.2. The van der Waals surface area contributed by atoms with E-state index in [1.54, 1.807) is 12.1 Å². The van der Waals surface area contributed by atoms with Crippen LogP contribution in [0.5, 0.6) is 0 Å². The molecule has 0 aliphatic carbocycles. The van der Waals surface area contributed by atoms with Gasteiger partial charge in [-0.25, -0.2) is 4.39 Å². The molecule has 0 spiro atoms. The smallest absolute Gasteiger partial charge is 0.123 e. The Morgan fingerprint density at radius 1 is 1.11 bits per heavy atom. The zero-order valence-corrected chi connectivity index (χ0v) is 11.9. The monoisotopic (exact) mass is 252 g/mol. The zero-order chi connectivity index (χ0) is 13.8. The number of rotatable bonds is 6. The Morgan fingerprint density at radius 3 is 2.06 bits per heavy atom. The zero-order valence-electron chi connectivity index (χ0n) is 11.9. The lowest BCUT2D eigenvalue weighted by Crippen LogP contribution is -2.35. The predicted molar refractivity (Wildman–Crippen MR) is 74.1 cm³/mol. The van der Waals surface area contributed by atoms with Crippen LogP contribution in [-0.4, -0.2) is 11.2 Å². The highest BCUT2D eigenvalue weighted by Crippen LogP contribution is 2.31. The van der Waals surface area contributed by atoms with E-state index in [2.05, 4.69) is 13.8 Å². The van der Waals surface area contributed by atoms with Gasteiger partial charge in [0.1, 0.15) is 5.82 Å². The highest BCUT2D eigenvalue weighted by Gasteiger charge is 2.30. The number of hydrogen-bond acceptors (Lipinski definition) is 1. The Kier molecular flexibility index (Phi) is 5.33. The molecular formula is C16H25FO. The van der Waals surface area contributed by atoms with Crippen LogP contribution in [0.4, 0.5) is 4.39 Å². The molecule has 0 aromatic heterocycles. The van der Waals surface area contributed by atoms with Crippen LogP contribution in [-0.2, 0) is 5.41 Å². The maximum Gasteiger partial charge on any atom is 0.123 e. The fourth-order valence-electron chi connectivity index (χ4n) is 2.30. The van der Waals surface area contributed by atoms with E-state index in [-0.39, 0.29) is 11.2 Å². The molecule has 0 bridgehead atoms. The highest BCUT2D eigenvalue weighted by molar-refractivity contribution is 5.25. The normalized spacial score (nSPS) is 13.9. The lowest BCUT2D eigenvalue weighted by atomic mass is 9.75. The topological polar surface area (TPSA) is 20.2 Å². The fourth-order valence-corrected chi connectivity index (χ4v) is 2.30. The maximum absolute atomic E-state index is 12.9. The Morgan fingerprint density at radius 2 is 1.61 bits per heavy atom. The van der Waals surface area contributed by atoms with Gasteiger partial charge in [0.2, 0.25) is 0 Å². The van der Waals surface area contributed by atoms with Gasteiger partial charge < -0.3 is 5.11 Å². The van der Waals surface area contributed by atoms with E-state index < -0.39 is 6.10 Å². The van der Waals surface area contributed by atoms with Crippen molar-refractivity contribution in [2.24, 2.45) is 5.92 Å². The second-order valence-corrected chi connectivity index (χ2v) is 5.66. The van der Waals surface area contributed by atoms with Crippen LogP contribution in [0, 0.1) is 11.7 Å². The van der Waals surface area contributed by atoms with Gasteiger partial charge in [0.15, 0.2) is 0 Å². The van der Waals surface area contributed by atoms with E-state index in [0.717, 1.165) is 24.8 Å². The molecular weight excluding hydrogens is 227 g/mol. The summed E-state index contributed by atoms with van der Waals surface area (Å²) < 4.78 is 12.9. The first-order chi connectivity index (χ1) is 8.41. The molecule has 0 saturated heterocycles. The van der Waals surface area contributed by atoms with Gasteiger partial charge in [-0.3, -0.25) is 0 Å². The molecule has 1 unspecified atom stereocenters. The lowest BCUT2D eigenvalue weighted by molar-refractivity contribution is 0.0727. The average Bonchev–Trinajstić information content (AvgIpc) is 2.36. The number of hydrogen-bond donors (Lipinski definition) is 1. The van der Waals surface area contributed by atoms with E-state index >= 15 is 0 Å². The van der Waals surface area contributed by atoms with Crippen molar-refractivity contribution in [3.63, 3.8) is 0 Å². The molecule has 1 N–H and O–H groups in total. The van der Waals surface area contributed by atoms with E-state index in [1.165, 1.54) is 12.1 Å². The Balaban J connectivity index is 2.81. The standard InChI is InChI=1S/C16H25FO/c1-5-12(6-2)11-15(18)16(3,4)13-7-9-14(17)10-8-13/h7-10,12,15,18H,5-6,11H2,1-4H3. The van der Waals surface area contributed by atoms with Crippen molar-refractivity contribution in [1.82, 2.24) is 0 Å². The van der Waals surface area contributed by atoms with Crippen LogP contribution in [0.15, 0.2) is 24.3 Å². The van der Waals surface area contributed by atoms with Crippen LogP contribution in [0.25, 0.3) is 0 Å². The van der Waals surface area contributed by atoms with Gasteiger partial charge in [0, 0.05) is 5.41 Å². The van der Waals surface area contributed by atoms with Crippen molar-refractivity contribution in [2.75, 3.05) is 0 Å². The van der Waals surface area contributed by atoms with Crippen molar-refractivity contribution in [2.45, 2.75) is 58.5 Å². The Hall–Kier alpha value is -0.890. The summed E-state index contributed by atoms with van der Waals surface area (Å²) in [6, 6.07) is 6.46. The summed E-state index contributed by atoms with van der Waals surface area (Å²) in [6.07, 6.45) is 2.59. The third-order valence-electron chi connectivity index (χ3n) is 4.13. The van der Waals surface area contributed by atoms with E-state index in [0.29, 0.717) is 5.92 Å². The van der Waals surface area contributed by atoms with E-state index in [9.17, 15) is 9.50 Å². The summed E-state index contributed by atoms with van der Waals surface area (Å²) >= 11 is 0. The van der Waals surface area contributed by atoms with Gasteiger partial charge in [-0.2, -0.15) is 0 Å². The van der Waals surface area contributed by atoms with Crippen molar-refractivity contribution < 1.29 is 9.50 Å². The molecule has 0 radical (unpaired) electrons. The summed E-state index contributed by atoms with van der Waals surface area (Å²) in [6.45, 7) is 8.36. The maximum atomic E-state index is 12.9. The number of aliphatic hydroxyl groups is 1. The number of aliphatic hydroxyl groups excluding tert-OH is 1. The molecule has 2 heteroatoms. The third kappa shape index (κ3) is 3.55. The summed E-state index contributed by atoms with van der Waals surface area (Å²) in [5, 5.41) is 10.4. The molecule has 102 valence electrons. The van der Waals surface area contributed by atoms with Crippen molar-refractivity contribution in [1.29, 1.82) is 0 Å². The van der Waals surface area contributed by atoms with Gasteiger partial charge in [-0.05, 0) is 30.0 Å². The van der Waals surface area contributed by atoms with Crippen molar-refractivity contribution in [3.05, 3.63) is 35.6 Å². The van der Waals surface area contributed by atoms with E-state index in [4.69, 9.17) is 0 Å². The van der Waals surface area contributed by atoms with Crippen LogP contribution >= 0.6 is 0 Å². The Labute approximate surface area is 110 Å². The fraction of sp³-hybridized carbons (Fsp3) is 0.625. The SMILES string of the molecule is CCC(CC)CC(O)C(C)(C)c1ccc(F)cc1. The summed E-state index contributed by atoms with van der Waals surface area (Å²) in [4.78, 5) is 0. The van der Waals surface area contributed by atoms with Crippen LogP contribution < -0.4 is 0 Å². The summed E-state index contributed by atoms with van der Waals surface area (Å²) in [7, 11) is 0. The van der Waals surface area contributed by atoms with Gasteiger partial charge in [0.05, 0.1) is 6.10 Å². The molecule has 0 aliphatic heterocycles. The lowest BCUT2D eigenvalue weighted by Gasteiger charge is -2.33. The minimum atomic E-state index is -0.395. The second kappa shape index (κ2) is 6.33. The van der Waals surface area contributed by atoms with Gasteiger partial charge in [0.25, 0.3) is 0 Å². The van der Waals surface area contributed by atoms with Crippen LogP contribution in [0.1, 0.15) is 52.5 Å². The number of halogens is 1. The summed E-state index contributed by atoms with van der Waals surface area (Å²) in [5.74, 6) is 0.323. The van der Waals surface area contributed by atoms with Crippen molar-refractivity contribution in [3.8, 4) is 0 Å². The van der Waals surface area contributed by atoms with Gasteiger partial charge in [-0.15, -0.1) is 0 Å². The first-order valence-electron chi connectivity index (χ1n) is 6.85. The molecule has 1 aromatic rings.